The van der Waals surface area contributed by atoms with Gasteiger partial charge in [-0.2, -0.15) is 0 Å². The van der Waals surface area contributed by atoms with E-state index in [2.05, 4.69) is 10.6 Å². The smallest absolute Gasteiger partial charge is 0.224 e. The summed E-state index contributed by atoms with van der Waals surface area (Å²) in [6.45, 7) is 2.83. The lowest BCUT2D eigenvalue weighted by molar-refractivity contribution is -0.126. The van der Waals surface area contributed by atoms with E-state index in [4.69, 9.17) is 4.74 Å². The van der Waals surface area contributed by atoms with Crippen LogP contribution in [-0.4, -0.2) is 62.1 Å². The Morgan fingerprint density at radius 3 is 3.06 bits per heavy atom. The molecule has 0 saturated carbocycles. The van der Waals surface area contributed by atoms with E-state index in [9.17, 15) is 9.59 Å². The average molecular weight is 241 g/mol. The lowest BCUT2D eigenvalue weighted by Crippen LogP contribution is -2.43. The van der Waals surface area contributed by atoms with Crippen LogP contribution < -0.4 is 10.6 Å². The number of morpholine rings is 1. The summed E-state index contributed by atoms with van der Waals surface area (Å²) >= 11 is 0. The van der Waals surface area contributed by atoms with Gasteiger partial charge in [0, 0.05) is 33.1 Å². The minimum Gasteiger partial charge on any atom is -0.375 e. The summed E-state index contributed by atoms with van der Waals surface area (Å²) in [7, 11) is 1.75. The van der Waals surface area contributed by atoms with Gasteiger partial charge in [-0.15, -0.1) is 0 Å². The monoisotopic (exact) mass is 241 g/mol. The summed E-state index contributed by atoms with van der Waals surface area (Å²) in [6, 6.07) is -0.0449. The predicted octanol–water partition coefficient (Wildman–Crippen LogP) is -1.29. The van der Waals surface area contributed by atoms with Crippen molar-refractivity contribution < 1.29 is 14.3 Å². The molecule has 0 radical (unpaired) electrons. The Kier molecular flexibility index (Phi) is 3.96. The summed E-state index contributed by atoms with van der Waals surface area (Å²) in [4.78, 5) is 24.7. The van der Waals surface area contributed by atoms with Gasteiger partial charge in [0.1, 0.15) is 0 Å². The molecule has 0 aliphatic carbocycles. The van der Waals surface area contributed by atoms with Gasteiger partial charge < -0.3 is 20.3 Å². The van der Waals surface area contributed by atoms with Gasteiger partial charge >= 0.3 is 0 Å². The molecular weight excluding hydrogens is 222 g/mol. The van der Waals surface area contributed by atoms with E-state index in [0.29, 0.717) is 26.0 Å². The van der Waals surface area contributed by atoms with Crippen LogP contribution in [0.5, 0.6) is 0 Å². The third-order valence-electron chi connectivity index (χ3n) is 3.12. The highest BCUT2D eigenvalue weighted by molar-refractivity contribution is 5.82. The fourth-order valence-electron chi connectivity index (χ4n) is 2.20. The van der Waals surface area contributed by atoms with Crippen molar-refractivity contribution in [1.29, 1.82) is 0 Å². The quantitative estimate of drug-likeness (QED) is 0.645. The minimum absolute atomic E-state index is 0.0354. The van der Waals surface area contributed by atoms with Crippen molar-refractivity contribution in [2.75, 3.05) is 33.3 Å². The molecular formula is C11H19N3O3. The maximum absolute atomic E-state index is 11.7. The number of carbonyl (C=O) groups excluding carboxylic acids is 2. The van der Waals surface area contributed by atoms with Crippen molar-refractivity contribution in [3.8, 4) is 0 Å². The maximum Gasteiger partial charge on any atom is 0.224 e. The molecule has 0 spiro atoms. The number of likely N-dealkylation sites (tertiary alicyclic amines) is 1. The van der Waals surface area contributed by atoms with Gasteiger partial charge in [-0.1, -0.05) is 0 Å². The molecule has 2 atom stereocenters. The predicted molar refractivity (Wildman–Crippen MR) is 61.4 cm³/mol. The van der Waals surface area contributed by atoms with Gasteiger partial charge in [-0.3, -0.25) is 9.59 Å². The number of hydrogen-bond acceptors (Lipinski definition) is 4. The molecule has 6 nitrogen and oxygen atoms in total. The first-order valence-electron chi connectivity index (χ1n) is 6.01. The summed E-state index contributed by atoms with van der Waals surface area (Å²) in [5.74, 6) is 0.0534. The van der Waals surface area contributed by atoms with Crippen molar-refractivity contribution in [2.45, 2.75) is 25.0 Å². The Hall–Kier alpha value is -1.14. The Morgan fingerprint density at radius 1 is 1.65 bits per heavy atom. The van der Waals surface area contributed by atoms with Gasteiger partial charge in [0.15, 0.2) is 0 Å². The highest BCUT2D eigenvalue weighted by atomic mass is 16.5. The molecule has 96 valence electrons. The fraction of sp³-hybridized carbons (Fsp3) is 0.818. The van der Waals surface area contributed by atoms with E-state index >= 15 is 0 Å². The largest absolute Gasteiger partial charge is 0.375 e. The number of rotatable bonds is 3. The van der Waals surface area contributed by atoms with Gasteiger partial charge in [0.05, 0.1) is 25.2 Å². The molecule has 2 amide bonds. The zero-order valence-corrected chi connectivity index (χ0v) is 10.1. The number of nitrogens with one attached hydrogen (secondary N) is 2. The molecule has 2 saturated heterocycles. The van der Waals surface area contributed by atoms with Crippen LogP contribution in [0.1, 0.15) is 12.8 Å². The first kappa shape index (κ1) is 12.3. The normalized spacial score (nSPS) is 29.5. The zero-order valence-electron chi connectivity index (χ0n) is 10.1. The SMILES string of the molecule is CN1CC(NC(=O)CC2CNCCO2)CC1=O. The van der Waals surface area contributed by atoms with Gasteiger partial charge in [-0.25, -0.2) is 0 Å². The summed E-state index contributed by atoms with van der Waals surface area (Å²) in [6.07, 6.45) is 0.728. The van der Waals surface area contributed by atoms with Crippen molar-refractivity contribution in [2.24, 2.45) is 0 Å². The molecule has 0 aromatic rings. The highest BCUT2D eigenvalue weighted by Crippen LogP contribution is 2.09. The second-order valence-electron chi connectivity index (χ2n) is 4.64. The molecule has 2 aliphatic rings. The highest BCUT2D eigenvalue weighted by Gasteiger charge is 2.28. The van der Waals surface area contributed by atoms with Crippen LogP contribution in [0.4, 0.5) is 0 Å². The van der Waals surface area contributed by atoms with Crippen LogP contribution in [0, 0.1) is 0 Å². The minimum atomic E-state index is -0.0449. The molecule has 2 heterocycles. The number of hydrogen-bond donors (Lipinski definition) is 2. The summed E-state index contributed by atoms with van der Waals surface area (Å²) in [5, 5.41) is 6.06. The van der Waals surface area contributed by atoms with Gasteiger partial charge in [0.2, 0.25) is 11.8 Å². The van der Waals surface area contributed by atoms with E-state index in [1.165, 1.54) is 0 Å². The Morgan fingerprint density at radius 2 is 2.47 bits per heavy atom. The Labute approximate surface area is 101 Å². The second-order valence-corrected chi connectivity index (χ2v) is 4.64. The maximum atomic E-state index is 11.7. The van der Waals surface area contributed by atoms with Crippen molar-refractivity contribution in [3.05, 3.63) is 0 Å². The standard InChI is InChI=1S/C11H19N3O3/c1-14-7-8(4-11(14)16)13-10(15)5-9-6-12-2-3-17-9/h8-9,12H,2-7H2,1H3,(H,13,15). The molecule has 0 bridgehead atoms. The van der Waals surface area contributed by atoms with E-state index < -0.39 is 0 Å². The van der Waals surface area contributed by atoms with Crippen molar-refractivity contribution in [1.82, 2.24) is 15.5 Å². The van der Waals surface area contributed by atoms with Crippen LogP contribution in [-0.2, 0) is 14.3 Å². The third-order valence-corrected chi connectivity index (χ3v) is 3.12. The van der Waals surface area contributed by atoms with Crippen molar-refractivity contribution in [3.63, 3.8) is 0 Å². The lowest BCUT2D eigenvalue weighted by atomic mass is 10.2. The van der Waals surface area contributed by atoms with Crippen LogP contribution in [0.25, 0.3) is 0 Å². The Bertz CT molecular complexity index is 302. The van der Waals surface area contributed by atoms with Crippen LogP contribution >= 0.6 is 0 Å². The number of amides is 2. The first-order chi connectivity index (χ1) is 8.15. The lowest BCUT2D eigenvalue weighted by Gasteiger charge is -2.23. The van der Waals surface area contributed by atoms with Gasteiger partial charge in [0.25, 0.3) is 0 Å². The molecule has 2 aliphatic heterocycles. The van der Waals surface area contributed by atoms with Crippen molar-refractivity contribution >= 4 is 11.8 Å². The topological polar surface area (TPSA) is 70.7 Å². The van der Waals surface area contributed by atoms with E-state index in [-0.39, 0.29) is 24.0 Å². The third kappa shape index (κ3) is 3.41. The Balaban J connectivity index is 1.72. The van der Waals surface area contributed by atoms with Crippen LogP contribution in [0.15, 0.2) is 0 Å². The number of ether oxygens (including phenoxy) is 1. The first-order valence-corrected chi connectivity index (χ1v) is 6.01. The molecule has 0 aromatic heterocycles. The molecule has 17 heavy (non-hydrogen) atoms. The van der Waals surface area contributed by atoms with Gasteiger partial charge in [-0.05, 0) is 0 Å². The fourth-order valence-corrected chi connectivity index (χ4v) is 2.20. The zero-order chi connectivity index (χ0) is 12.3. The molecule has 2 N–H and O–H groups in total. The van der Waals surface area contributed by atoms with Crippen LogP contribution in [0.2, 0.25) is 0 Å². The number of carbonyl (C=O) groups is 2. The molecule has 0 aromatic carbocycles. The van der Waals surface area contributed by atoms with E-state index in [1.54, 1.807) is 11.9 Å². The molecule has 2 rings (SSSR count). The molecule has 6 heteroatoms. The summed E-state index contributed by atoms with van der Waals surface area (Å²) in [5.41, 5.74) is 0. The summed E-state index contributed by atoms with van der Waals surface area (Å²) < 4.78 is 5.45. The second kappa shape index (κ2) is 5.46. The van der Waals surface area contributed by atoms with E-state index in [1.807, 2.05) is 0 Å². The number of likely N-dealkylation sites (N-methyl/N-ethyl adjacent to an activating group) is 1. The average Bonchev–Trinajstić information content (AvgIpc) is 2.59. The van der Waals surface area contributed by atoms with E-state index in [0.717, 1.165) is 13.1 Å². The number of nitrogens with zero attached hydrogens (tertiary/aromatic N) is 1. The molecule has 2 unspecified atom stereocenters. The molecule has 2 fully saturated rings. The van der Waals surface area contributed by atoms with Crippen LogP contribution in [0.3, 0.4) is 0 Å².